The standard InChI is InChI=1S/C18H18ClNO4/c1-12-7-8-13(2)16(9-12)23-11-18(22)24-10-17(21)20-15-6-4-3-5-14(15)19/h3-9H,10-11H2,1-2H3,(H,20,21). The van der Waals surface area contributed by atoms with Gasteiger partial charge >= 0.3 is 5.97 Å². The largest absolute Gasteiger partial charge is 0.482 e. The van der Waals surface area contributed by atoms with Gasteiger partial charge in [0.1, 0.15) is 5.75 Å². The highest BCUT2D eigenvalue weighted by molar-refractivity contribution is 6.33. The minimum absolute atomic E-state index is 0.260. The Morgan fingerprint density at radius 1 is 1.08 bits per heavy atom. The van der Waals surface area contributed by atoms with E-state index in [9.17, 15) is 9.59 Å². The van der Waals surface area contributed by atoms with Gasteiger partial charge in [-0.1, -0.05) is 35.9 Å². The lowest BCUT2D eigenvalue weighted by atomic mass is 10.1. The summed E-state index contributed by atoms with van der Waals surface area (Å²) in [6.45, 7) is 3.16. The first-order chi connectivity index (χ1) is 11.5. The van der Waals surface area contributed by atoms with Crippen LogP contribution in [0, 0.1) is 13.8 Å². The van der Waals surface area contributed by atoms with Crippen LogP contribution in [0.2, 0.25) is 5.02 Å². The lowest BCUT2D eigenvalue weighted by Gasteiger charge is -2.10. The topological polar surface area (TPSA) is 64.6 Å². The molecule has 0 radical (unpaired) electrons. The predicted octanol–water partition coefficient (Wildman–Crippen LogP) is 3.52. The number of nitrogens with one attached hydrogen (secondary N) is 1. The quantitative estimate of drug-likeness (QED) is 0.812. The summed E-state index contributed by atoms with van der Waals surface area (Å²) in [6, 6.07) is 12.5. The number of esters is 1. The van der Waals surface area contributed by atoms with Gasteiger partial charge < -0.3 is 14.8 Å². The van der Waals surface area contributed by atoms with Crippen molar-refractivity contribution in [2.75, 3.05) is 18.5 Å². The third kappa shape index (κ3) is 5.28. The molecule has 0 fully saturated rings. The van der Waals surface area contributed by atoms with Gasteiger partial charge in [-0.2, -0.15) is 0 Å². The number of rotatable bonds is 6. The molecule has 0 aromatic heterocycles. The summed E-state index contributed by atoms with van der Waals surface area (Å²) >= 11 is 5.93. The second kappa shape index (κ2) is 8.36. The van der Waals surface area contributed by atoms with Crippen LogP contribution < -0.4 is 10.1 Å². The predicted molar refractivity (Wildman–Crippen MR) is 92.5 cm³/mol. The molecule has 126 valence electrons. The van der Waals surface area contributed by atoms with Crippen LogP contribution in [0.1, 0.15) is 11.1 Å². The summed E-state index contributed by atoms with van der Waals surface area (Å²) in [4.78, 5) is 23.4. The van der Waals surface area contributed by atoms with Crippen LogP contribution in [-0.2, 0) is 14.3 Å². The molecule has 1 amide bonds. The zero-order valence-electron chi connectivity index (χ0n) is 13.5. The highest BCUT2D eigenvalue weighted by Crippen LogP contribution is 2.20. The van der Waals surface area contributed by atoms with E-state index in [1.807, 2.05) is 32.0 Å². The van der Waals surface area contributed by atoms with E-state index in [2.05, 4.69) is 5.32 Å². The van der Waals surface area contributed by atoms with Crippen molar-refractivity contribution < 1.29 is 19.1 Å². The number of amides is 1. The third-order valence-corrected chi connectivity index (χ3v) is 3.53. The monoisotopic (exact) mass is 347 g/mol. The molecule has 0 aliphatic heterocycles. The van der Waals surface area contributed by atoms with Gasteiger partial charge in [0, 0.05) is 0 Å². The summed E-state index contributed by atoms with van der Waals surface area (Å²) in [7, 11) is 0. The van der Waals surface area contributed by atoms with Gasteiger partial charge in [0.2, 0.25) is 0 Å². The summed E-state index contributed by atoms with van der Waals surface area (Å²) in [5.41, 5.74) is 2.42. The van der Waals surface area contributed by atoms with E-state index in [4.69, 9.17) is 21.1 Å². The number of hydrogen-bond acceptors (Lipinski definition) is 4. The van der Waals surface area contributed by atoms with Gasteiger partial charge in [-0.15, -0.1) is 0 Å². The molecule has 0 bridgehead atoms. The molecule has 2 aromatic rings. The molecule has 1 N–H and O–H groups in total. The summed E-state index contributed by atoms with van der Waals surface area (Å²) < 4.78 is 10.3. The van der Waals surface area contributed by atoms with Crippen molar-refractivity contribution in [2.24, 2.45) is 0 Å². The molecule has 2 aromatic carbocycles. The molecule has 24 heavy (non-hydrogen) atoms. The van der Waals surface area contributed by atoms with E-state index in [0.717, 1.165) is 11.1 Å². The molecular weight excluding hydrogens is 330 g/mol. The first kappa shape index (κ1) is 17.8. The van der Waals surface area contributed by atoms with Gasteiger partial charge in [-0.25, -0.2) is 4.79 Å². The average Bonchev–Trinajstić information content (AvgIpc) is 2.56. The van der Waals surface area contributed by atoms with Crippen LogP contribution in [0.15, 0.2) is 42.5 Å². The van der Waals surface area contributed by atoms with Crippen LogP contribution in [-0.4, -0.2) is 25.1 Å². The maximum Gasteiger partial charge on any atom is 0.344 e. The number of anilines is 1. The Hall–Kier alpha value is -2.53. The molecule has 0 saturated heterocycles. The fraction of sp³-hybridized carbons (Fsp3) is 0.222. The van der Waals surface area contributed by atoms with Crippen LogP contribution in [0.4, 0.5) is 5.69 Å². The zero-order chi connectivity index (χ0) is 17.5. The molecule has 0 saturated carbocycles. The van der Waals surface area contributed by atoms with Crippen molar-refractivity contribution in [1.29, 1.82) is 0 Å². The average molecular weight is 348 g/mol. The summed E-state index contributed by atoms with van der Waals surface area (Å²) in [5.74, 6) is -0.471. The first-order valence-corrected chi connectivity index (χ1v) is 7.73. The molecule has 0 atom stereocenters. The Labute approximate surface area is 145 Å². The summed E-state index contributed by atoms with van der Waals surface area (Å²) in [5, 5.41) is 2.98. The number of aryl methyl sites for hydroxylation is 2. The van der Waals surface area contributed by atoms with E-state index in [-0.39, 0.29) is 6.61 Å². The van der Waals surface area contributed by atoms with Gasteiger partial charge in [-0.05, 0) is 43.2 Å². The second-order valence-electron chi connectivity index (χ2n) is 5.25. The normalized spacial score (nSPS) is 10.1. The zero-order valence-corrected chi connectivity index (χ0v) is 14.2. The second-order valence-corrected chi connectivity index (χ2v) is 5.65. The van der Waals surface area contributed by atoms with Crippen LogP contribution in [0.3, 0.4) is 0 Å². The minimum Gasteiger partial charge on any atom is -0.482 e. The molecule has 2 rings (SSSR count). The number of benzene rings is 2. The Balaban J connectivity index is 1.77. The van der Waals surface area contributed by atoms with Crippen molar-refractivity contribution in [3.05, 3.63) is 58.6 Å². The molecule has 0 aliphatic carbocycles. The number of carbonyl (C=O) groups excluding carboxylic acids is 2. The fourth-order valence-corrected chi connectivity index (χ4v) is 2.12. The first-order valence-electron chi connectivity index (χ1n) is 7.36. The van der Waals surface area contributed by atoms with Gasteiger partial charge in [0.15, 0.2) is 13.2 Å². The molecular formula is C18H18ClNO4. The highest BCUT2D eigenvalue weighted by Gasteiger charge is 2.11. The van der Waals surface area contributed by atoms with Crippen LogP contribution in [0.5, 0.6) is 5.75 Å². The molecule has 0 aliphatic rings. The molecule has 6 heteroatoms. The smallest absolute Gasteiger partial charge is 0.344 e. The van der Waals surface area contributed by atoms with Crippen molar-refractivity contribution >= 4 is 29.2 Å². The molecule has 0 unspecified atom stereocenters. The lowest BCUT2D eigenvalue weighted by Crippen LogP contribution is -2.23. The van der Waals surface area contributed by atoms with Crippen LogP contribution in [0.25, 0.3) is 0 Å². The van der Waals surface area contributed by atoms with Crippen molar-refractivity contribution in [1.82, 2.24) is 0 Å². The van der Waals surface area contributed by atoms with Gasteiger partial charge in [-0.3, -0.25) is 4.79 Å². The number of ether oxygens (including phenoxy) is 2. The number of hydrogen-bond donors (Lipinski definition) is 1. The van der Waals surface area contributed by atoms with E-state index in [1.165, 1.54) is 0 Å². The van der Waals surface area contributed by atoms with Crippen molar-refractivity contribution in [2.45, 2.75) is 13.8 Å². The lowest BCUT2D eigenvalue weighted by molar-refractivity contribution is -0.149. The minimum atomic E-state index is -0.620. The van der Waals surface area contributed by atoms with Crippen LogP contribution >= 0.6 is 11.6 Å². The molecule has 0 spiro atoms. The number of halogens is 1. The summed E-state index contributed by atoms with van der Waals surface area (Å²) in [6.07, 6.45) is 0. The maximum absolute atomic E-state index is 11.8. The Morgan fingerprint density at radius 2 is 1.83 bits per heavy atom. The Kier molecular flexibility index (Phi) is 6.21. The van der Waals surface area contributed by atoms with E-state index in [0.29, 0.717) is 16.5 Å². The van der Waals surface area contributed by atoms with E-state index >= 15 is 0 Å². The highest BCUT2D eigenvalue weighted by atomic mass is 35.5. The third-order valence-electron chi connectivity index (χ3n) is 3.20. The maximum atomic E-state index is 11.8. The SMILES string of the molecule is Cc1ccc(C)c(OCC(=O)OCC(=O)Nc2ccccc2Cl)c1. The van der Waals surface area contributed by atoms with Crippen molar-refractivity contribution in [3.8, 4) is 5.75 Å². The number of para-hydroxylation sites is 1. The Bertz CT molecular complexity index is 746. The fourth-order valence-electron chi connectivity index (χ4n) is 1.94. The Morgan fingerprint density at radius 3 is 2.58 bits per heavy atom. The van der Waals surface area contributed by atoms with Crippen molar-refractivity contribution in [3.63, 3.8) is 0 Å². The van der Waals surface area contributed by atoms with E-state index < -0.39 is 18.5 Å². The molecule has 5 nitrogen and oxygen atoms in total. The molecule has 0 heterocycles. The number of carbonyl (C=O) groups is 2. The van der Waals surface area contributed by atoms with E-state index in [1.54, 1.807) is 24.3 Å². The van der Waals surface area contributed by atoms with Gasteiger partial charge in [0.05, 0.1) is 10.7 Å². The van der Waals surface area contributed by atoms with Gasteiger partial charge in [0.25, 0.3) is 5.91 Å².